The van der Waals surface area contributed by atoms with Crippen molar-refractivity contribution in [3.05, 3.63) is 71.0 Å². The smallest absolute Gasteiger partial charge is 0.260 e. The zero-order valence-corrected chi connectivity index (χ0v) is 20.4. The third kappa shape index (κ3) is 5.01. The number of piperazine rings is 1. The lowest BCUT2D eigenvalue weighted by atomic mass is 10.1. The van der Waals surface area contributed by atoms with Crippen molar-refractivity contribution < 1.29 is 13.9 Å². The molecule has 0 radical (unpaired) electrons. The van der Waals surface area contributed by atoms with Crippen LogP contribution in [0, 0.1) is 12.7 Å². The van der Waals surface area contributed by atoms with Gasteiger partial charge in [-0.2, -0.15) is 4.98 Å². The number of anilines is 2. The number of carbonyl (C=O) groups excluding carboxylic acids is 1. The number of aromatic nitrogens is 3. The molecule has 2 aromatic heterocycles. The standard InChI is InChI=1S/C26H24ClFN6O2/c1-16-14-17(2-7-20(16)28)21-8-9-22-24(30-21)25(32-26(29)31-22)34-12-10-33(11-13-34)23(35)15-36-19-5-3-18(27)4-6-19/h2-9,14H,10-13,15H2,1H3,(H2,29,31,32). The van der Waals surface area contributed by atoms with Gasteiger partial charge in [0.05, 0.1) is 11.2 Å². The lowest BCUT2D eigenvalue weighted by Crippen LogP contribution is -2.50. The molecule has 1 amide bonds. The van der Waals surface area contributed by atoms with Gasteiger partial charge in [0.25, 0.3) is 5.91 Å². The average molecular weight is 507 g/mol. The van der Waals surface area contributed by atoms with Gasteiger partial charge in [-0.25, -0.2) is 14.4 Å². The fourth-order valence-electron chi connectivity index (χ4n) is 4.14. The number of ether oxygens (including phenoxy) is 1. The summed E-state index contributed by atoms with van der Waals surface area (Å²) in [5.74, 6) is 1.00. The van der Waals surface area contributed by atoms with Crippen molar-refractivity contribution >= 4 is 40.3 Å². The first kappa shape index (κ1) is 23.7. The van der Waals surface area contributed by atoms with E-state index in [1.165, 1.54) is 6.07 Å². The van der Waals surface area contributed by atoms with Gasteiger partial charge in [-0.05, 0) is 67.1 Å². The van der Waals surface area contributed by atoms with Crippen LogP contribution in [-0.2, 0) is 4.79 Å². The third-order valence-electron chi connectivity index (χ3n) is 6.10. The quantitative estimate of drug-likeness (QED) is 0.435. The Labute approximate surface area is 212 Å². The van der Waals surface area contributed by atoms with Gasteiger partial charge in [0, 0.05) is 36.8 Å². The minimum Gasteiger partial charge on any atom is -0.484 e. The molecule has 0 unspecified atom stereocenters. The molecule has 0 spiro atoms. The number of nitrogens with two attached hydrogens (primary N) is 1. The molecule has 0 aliphatic carbocycles. The monoisotopic (exact) mass is 506 g/mol. The Balaban J connectivity index is 1.32. The molecule has 0 bridgehead atoms. The average Bonchev–Trinajstić information content (AvgIpc) is 2.89. The molecule has 5 rings (SSSR count). The van der Waals surface area contributed by atoms with Crippen molar-refractivity contribution in [1.82, 2.24) is 19.9 Å². The van der Waals surface area contributed by atoms with E-state index in [0.29, 0.717) is 65.1 Å². The predicted molar refractivity (Wildman–Crippen MR) is 138 cm³/mol. The van der Waals surface area contributed by atoms with Crippen LogP contribution in [0.1, 0.15) is 5.56 Å². The minimum atomic E-state index is -0.262. The van der Waals surface area contributed by atoms with E-state index < -0.39 is 0 Å². The summed E-state index contributed by atoms with van der Waals surface area (Å²) < 4.78 is 19.4. The van der Waals surface area contributed by atoms with Crippen LogP contribution in [0.25, 0.3) is 22.3 Å². The summed E-state index contributed by atoms with van der Waals surface area (Å²) in [5, 5.41) is 0.608. The van der Waals surface area contributed by atoms with Crippen molar-refractivity contribution in [2.24, 2.45) is 0 Å². The summed E-state index contributed by atoms with van der Waals surface area (Å²) in [6.07, 6.45) is 0. The Hall–Kier alpha value is -3.98. The molecular weight excluding hydrogens is 483 g/mol. The van der Waals surface area contributed by atoms with Gasteiger partial charge in [0.15, 0.2) is 12.4 Å². The van der Waals surface area contributed by atoms with Gasteiger partial charge in [0.2, 0.25) is 5.95 Å². The number of fused-ring (bicyclic) bond motifs is 1. The Bertz CT molecular complexity index is 1420. The van der Waals surface area contributed by atoms with E-state index >= 15 is 0 Å². The molecule has 0 atom stereocenters. The van der Waals surface area contributed by atoms with E-state index in [1.807, 2.05) is 12.1 Å². The van der Waals surface area contributed by atoms with Crippen LogP contribution in [0.4, 0.5) is 16.2 Å². The highest BCUT2D eigenvalue weighted by molar-refractivity contribution is 6.30. The molecule has 8 nitrogen and oxygen atoms in total. The molecule has 36 heavy (non-hydrogen) atoms. The maximum Gasteiger partial charge on any atom is 0.260 e. The molecule has 2 N–H and O–H groups in total. The first-order valence-electron chi connectivity index (χ1n) is 11.5. The lowest BCUT2D eigenvalue weighted by molar-refractivity contribution is -0.133. The number of amides is 1. The van der Waals surface area contributed by atoms with Crippen LogP contribution >= 0.6 is 11.6 Å². The molecule has 10 heteroatoms. The minimum absolute atomic E-state index is 0.0486. The number of rotatable bonds is 5. The molecule has 1 aliphatic rings. The fraction of sp³-hybridized carbons (Fsp3) is 0.231. The number of benzene rings is 2. The zero-order chi connectivity index (χ0) is 25.2. The SMILES string of the molecule is Cc1cc(-c2ccc3nc(N)nc(N4CCN(C(=O)COc5ccc(Cl)cc5)CC4)c3n2)ccc1F. The van der Waals surface area contributed by atoms with Crippen LogP contribution in [0.2, 0.25) is 5.02 Å². The summed E-state index contributed by atoms with van der Waals surface area (Å²) in [4.78, 5) is 30.1. The normalized spacial score (nSPS) is 13.8. The number of nitrogens with zero attached hydrogens (tertiary/aromatic N) is 5. The van der Waals surface area contributed by atoms with Crippen LogP contribution in [0.5, 0.6) is 5.75 Å². The largest absolute Gasteiger partial charge is 0.484 e. The topological polar surface area (TPSA) is 97.5 Å². The summed E-state index contributed by atoms with van der Waals surface area (Å²) in [5.41, 5.74) is 9.25. The highest BCUT2D eigenvalue weighted by Gasteiger charge is 2.24. The maximum atomic E-state index is 13.8. The fourth-order valence-corrected chi connectivity index (χ4v) is 4.26. The number of halogens is 2. The van der Waals surface area contributed by atoms with Crippen molar-refractivity contribution in [3.8, 4) is 17.0 Å². The molecule has 1 aliphatic heterocycles. The van der Waals surface area contributed by atoms with E-state index in [2.05, 4.69) is 14.9 Å². The Kier molecular flexibility index (Phi) is 6.56. The van der Waals surface area contributed by atoms with E-state index in [4.69, 9.17) is 27.1 Å². The van der Waals surface area contributed by atoms with Crippen molar-refractivity contribution in [3.63, 3.8) is 0 Å². The molecule has 2 aromatic carbocycles. The van der Waals surface area contributed by atoms with Gasteiger partial charge in [-0.15, -0.1) is 0 Å². The van der Waals surface area contributed by atoms with E-state index in [-0.39, 0.29) is 24.3 Å². The van der Waals surface area contributed by atoms with Crippen molar-refractivity contribution in [2.45, 2.75) is 6.92 Å². The third-order valence-corrected chi connectivity index (χ3v) is 6.35. The van der Waals surface area contributed by atoms with Gasteiger partial charge >= 0.3 is 0 Å². The number of aryl methyl sites for hydroxylation is 1. The molecule has 184 valence electrons. The molecule has 1 fully saturated rings. The van der Waals surface area contributed by atoms with Crippen LogP contribution < -0.4 is 15.4 Å². The van der Waals surface area contributed by atoms with Gasteiger partial charge in [0.1, 0.15) is 17.1 Å². The van der Waals surface area contributed by atoms with E-state index in [1.54, 1.807) is 48.2 Å². The Morgan fingerprint density at radius 3 is 2.50 bits per heavy atom. The van der Waals surface area contributed by atoms with Gasteiger partial charge in [-0.1, -0.05) is 11.6 Å². The van der Waals surface area contributed by atoms with E-state index in [0.717, 1.165) is 5.56 Å². The predicted octanol–water partition coefficient (Wildman–Crippen LogP) is 4.10. The summed E-state index contributed by atoms with van der Waals surface area (Å²) in [7, 11) is 0. The molecule has 4 aromatic rings. The molecule has 0 saturated carbocycles. The first-order valence-corrected chi connectivity index (χ1v) is 11.9. The second-order valence-corrected chi connectivity index (χ2v) is 8.98. The number of hydrogen-bond acceptors (Lipinski definition) is 7. The number of pyridine rings is 1. The second kappa shape index (κ2) is 9.94. The Morgan fingerprint density at radius 2 is 1.78 bits per heavy atom. The first-order chi connectivity index (χ1) is 17.4. The van der Waals surface area contributed by atoms with E-state index in [9.17, 15) is 9.18 Å². The van der Waals surface area contributed by atoms with Gasteiger partial charge < -0.3 is 20.3 Å². The molecule has 1 saturated heterocycles. The van der Waals surface area contributed by atoms with Crippen molar-refractivity contribution in [2.75, 3.05) is 43.4 Å². The van der Waals surface area contributed by atoms with Crippen LogP contribution in [0.15, 0.2) is 54.6 Å². The maximum absolute atomic E-state index is 13.8. The Morgan fingerprint density at radius 1 is 1.03 bits per heavy atom. The van der Waals surface area contributed by atoms with Crippen LogP contribution in [-0.4, -0.2) is 58.5 Å². The summed E-state index contributed by atoms with van der Waals surface area (Å²) in [6, 6.07) is 15.5. The highest BCUT2D eigenvalue weighted by Crippen LogP contribution is 2.28. The second-order valence-electron chi connectivity index (χ2n) is 8.54. The number of carbonyl (C=O) groups is 1. The molecular formula is C26H24ClFN6O2. The molecule has 3 heterocycles. The van der Waals surface area contributed by atoms with Crippen molar-refractivity contribution in [1.29, 1.82) is 0 Å². The van der Waals surface area contributed by atoms with Crippen LogP contribution in [0.3, 0.4) is 0 Å². The van der Waals surface area contributed by atoms with Gasteiger partial charge in [-0.3, -0.25) is 4.79 Å². The summed E-state index contributed by atoms with van der Waals surface area (Å²) in [6.45, 7) is 3.79. The summed E-state index contributed by atoms with van der Waals surface area (Å²) >= 11 is 5.89. The zero-order valence-electron chi connectivity index (χ0n) is 19.6. The lowest BCUT2D eigenvalue weighted by Gasteiger charge is -2.35. The number of nitrogen functional groups attached to an aromatic ring is 1. The number of hydrogen-bond donors (Lipinski definition) is 1. The highest BCUT2D eigenvalue weighted by atomic mass is 35.5.